The van der Waals surface area contributed by atoms with Gasteiger partial charge in [-0.3, -0.25) is 0 Å². The van der Waals surface area contributed by atoms with Gasteiger partial charge in [-0.1, -0.05) is 0 Å². The summed E-state index contributed by atoms with van der Waals surface area (Å²) >= 11 is 1.76. The predicted molar refractivity (Wildman–Crippen MR) is 81.1 cm³/mol. The number of rotatable bonds is 6. The molecule has 5 heteroatoms. The van der Waals surface area contributed by atoms with Gasteiger partial charge in [-0.2, -0.15) is 17.0 Å². The molecule has 0 amide bonds. The summed E-state index contributed by atoms with van der Waals surface area (Å²) in [6.07, 6.45) is 7.85. The Labute approximate surface area is 123 Å². The van der Waals surface area contributed by atoms with E-state index in [1.54, 1.807) is 24.3 Å². The fourth-order valence-electron chi connectivity index (χ4n) is 1.96. The topological polar surface area (TPSA) is 50.8 Å². The van der Waals surface area contributed by atoms with Crippen LogP contribution in [0.15, 0.2) is 36.9 Å². The van der Waals surface area contributed by atoms with Gasteiger partial charge in [-0.15, -0.1) is 0 Å². The molecule has 4 nitrogen and oxygen atoms in total. The van der Waals surface area contributed by atoms with Crippen molar-refractivity contribution in [2.45, 2.75) is 25.2 Å². The van der Waals surface area contributed by atoms with Crippen molar-refractivity contribution < 1.29 is 4.74 Å². The lowest BCUT2D eigenvalue weighted by Crippen LogP contribution is -2.11. The molecule has 1 aromatic heterocycles. The Hall–Kier alpha value is -1.93. The maximum Gasteiger partial charge on any atom is 0.120 e. The average Bonchev–Trinajstić information content (AvgIpc) is 2.93. The molecule has 2 rings (SSSR count). The number of imidazole rings is 1. The fourth-order valence-corrected chi connectivity index (χ4v) is 2.50. The van der Waals surface area contributed by atoms with E-state index in [4.69, 9.17) is 10.00 Å². The van der Waals surface area contributed by atoms with Crippen LogP contribution >= 0.6 is 11.8 Å². The highest BCUT2D eigenvalue weighted by molar-refractivity contribution is 7.97. The highest BCUT2D eigenvalue weighted by Gasteiger charge is 2.08. The van der Waals surface area contributed by atoms with Gasteiger partial charge in [0.05, 0.1) is 24.5 Å². The maximum absolute atomic E-state index is 8.68. The lowest BCUT2D eigenvalue weighted by Gasteiger charge is -2.15. The molecular weight excluding hydrogens is 270 g/mol. The fraction of sp³-hybridized carbons (Fsp3) is 0.333. The van der Waals surface area contributed by atoms with Gasteiger partial charge < -0.3 is 9.30 Å². The molecule has 0 aliphatic carbocycles. The van der Waals surface area contributed by atoms with Crippen molar-refractivity contribution in [2.75, 3.05) is 6.26 Å². The Morgan fingerprint density at radius 1 is 1.50 bits per heavy atom. The molecule has 20 heavy (non-hydrogen) atoms. The third-order valence-electron chi connectivity index (χ3n) is 2.85. The van der Waals surface area contributed by atoms with E-state index in [0.29, 0.717) is 6.42 Å². The molecule has 0 radical (unpaired) electrons. The molecule has 104 valence electrons. The van der Waals surface area contributed by atoms with E-state index in [2.05, 4.69) is 17.3 Å². The average molecular weight is 287 g/mol. The normalized spacial score (nSPS) is 11.8. The smallest absolute Gasteiger partial charge is 0.120 e. The summed E-state index contributed by atoms with van der Waals surface area (Å²) in [4.78, 5) is 4.08. The minimum Gasteiger partial charge on any atom is -0.490 e. The number of thioether (sulfide) groups is 1. The Morgan fingerprint density at radius 3 is 3.00 bits per heavy atom. The summed E-state index contributed by atoms with van der Waals surface area (Å²) in [6.45, 7) is 1.90. The number of ether oxygens (including phenoxy) is 1. The minimum absolute atomic E-state index is 0.0961. The summed E-state index contributed by atoms with van der Waals surface area (Å²) in [7, 11) is 0. The third kappa shape index (κ3) is 3.55. The van der Waals surface area contributed by atoms with E-state index >= 15 is 0 Å². The first kappa shape index (κ1) is 14.5. The zero-order chi connectivity index (χ0) is 14.4. The summed E-state index contributed by atoms with van der Waals surface area (Å²) in [5, 5.41) is 8.68. The van der Waals surface area contributed by atoms with Crippen LogP contribution in [-0.4, -0.2) is 21.9 Å². The van der Waals surface area contributed by atoms with Gasteiger partial charge in [0.15, 0.2) is 0 Å². The molecule has 0 aliphatic rings. The third-order valence-corrected chi connectivity index (χ3v) is 3.45. The molecule has 1 unspecified atom stereocenters. The summed E-state index contributed by atoms with van der Waals surface area (Å²) in [6, 6.07) is 8.13. The van der Waals surface area contributed by atoms with Crippen LogP contribution < -0.4 is 4.74 Å². The Morgan fingerprint density at radius 2 is 2.35 bits per heavy atom. The Bertz CT molecular complexity index is 590. The first-order valence-corrected chi connectivity index (χ1v) is 7.77. The quantitative estimate of drug-likeness (QED) is 0.817. The molecule has 0 N–H and O–H groups in total. The molecule has 0 saturated heterocycles. The number of hydrogen-bond acceptors (Lipinski definition) is 4. The van der Waals surface area contributed by atoms with Gasteiger partial charge in [0.2, 0.25) is 0 Å². The zero-order valence-electron chi connectivity index (χ0n) is 11.6. The van der Waals surface area contributed by atoms with Crippen molar-refractivity contribution in [3.05, 3.63) is 42.5 Å². The van der Waals surface area contributed by atoms with Crippen molar-refractivity contribution >= 4 is 11.8 Å². The van der Waals surface area contributed by atoms with Crippen LogP contribution in [0.1, 0.15) is 18.9 Å². The standard InChI is InChI=1S/C15H17N3OS/c1-12(5-6-16)19-14-3-4-15(13(9-14)10-20-2)18-8-7-17-11-18/h3-4,7-9,11-12H,5,10H2,1-2H3. The number of hydrogen-bond donors (Lipinski definition) is 0. The molecule has 1 heterocycles. The number of benzene rings is 1. The highest BCUT2D eigenvalue weighted by Crippen LogP contribution is 2.25. The number of nitrogens with zero attached hydrogens (tertiary/aromatic N) is 3. The van der Waals surface area contributed by atoms with Gasteiger partial charge in [0.1, 0.15) is 11.9 Å². The van der Waals surface area contributed by atoms with Gasteiger partial charge in [0.25, 0.3) is 0 Å². The van der Waals surface area contributed by atoms with Gasteiger partial charge in [0, 0.05) is 18.1 Å². The Kier molecular flexibility index (Phi) is 5.08. The lowest BCUT2D eigenvalue weighted by atomic mass is 10.2. The maximum atomic E-state index is 8.68. The molecule has 2 aromatic rings. The molecule has 0 bridgehead atoms. The number of aromatic nitrogens is 2. The van der Waals surface area contributed by atoms with Crippen molar-refractivity contribution in [1.82, 2.24) is 9.55 Å². The van der Waals surface area contributed by atoms with E-state index in [1.165, 1.54) is 5.56 Å². The van der Waals surface area contributed by atoms with Crippen LogP contribution in [0.3, 0.4) is 0 Å². The van der Waals surface area contributed by atoms with Crippen LogP contribution in [0.5, 0.6) is 5.75 Å². The van der Waals surface area contributed by atoms with Crippen molar-refractivity contribution in [3.8, 4) is 17.5 Å². The van der Waals surface area contributed by atoms with Crippen molar-refractivity contribution in [2.24, 2.45) is 0 Å². The van der Waals surface area contributed by atoms with Crippen LogP contribution in [0.25, 0.3) is 5.69 Å². The summed E-state index contributed by atoms with van der Waals surface area (Å²) in [5.41, 5.74) is 2.30. The first-order valence-electron chi connectivity index (χ1n) is 6.38. The van der Waals surface area contributed by atoms with Crippen LogP contribution in [0.4, 0.5) is 0 Å². The highest BCUT2D eigenvalue weighted by atomic mass is 32.2. The van der Waals surface area contributed by atoms with E-state index < -0.39 is 0 Å². The van der Waals surface area contributed by atoms with Gasteiger partial charge in [-0.25, -0.2) is 4.98 Å². The molecule has 0 saturated carbocycles. The number of nitriles is 1. The zero-order valence-corrected chi connectivity index (χ0v) is 12.4. The largest absolute Gasteiger partial charge is 0.490 e. The van der Waals surface area contributed by atoms with Crippen molar-refractivity contribution in [3.63, 3.8) is 0 Å². The van der Waals surface area contributed by atoms with Crippen LogP contribution in [0.2, 0.25) is 0 Å². The Balaban J connectivity index is 2.26. The van der Waals surface area contributed by atoms with Gasteiger partial charge in [-0.05, 0) is 36.9 Å². The molecule has 0 aliphatic heterocycles. The molecular formula is C15H17N3OS. The predicted octanol–water partition coefficient (Wildman–Crippen LogP) is 3.42. The minimum atomic E-state index is -0.0961. The van der Waals surface area contributed by atoms with Crippen LogP contribution in [-0.2, 0) is 5.75 Å². The monoisotopic (exact) mass is 287 g/mol. The van der Waals surface area contributed by atoms with E-state index in [9.17, 15) is 0 Å². The van der Waals surface area contributed by atoms with E-state index in [1.807, 2.05) is 35.9 Å². The second-order valence-electron chi connectivity index (χ2n) is 4.48. The van der Waals surface area contributed by atoms with E-state index in [-0.39, 0.29) is 6.10 Å². The second kappa shape index (κ2) is 7.01. The first-order chi connectivity index (χ1) is 9.74. The molecule has 0 fully saturated rings. The van der Waals surface area contributed by atoms with Crippen molar-refractivity contribution in [1.29, 1.82) is 5.26 Å². The van der Waals surface area contributed by atoms with Crippen LogP contribution in [0, 0.1) is 11.3 Å². The summed E-state index contributed by atoms with van der Waals surface area (Å²) < 4.78 is 7.75. The van der Waals surface area contributed by atoms with Gasteiger partial charge >= 0.3 is 0 Å². The van der Waals surface area contributed by atoms with E-state index in [0.717, 1.165) is 17.2 Å². The molecule has 1 atom stereocenters. The SMILES string of the molecule is CSCc1cc(OC(C)CC#N)ccc1-n1ccnc1. The summed E-state index contributed by atoms with van der Waals surface area (Å²) in [5.74, 6) is 1.71. The second-order valence-corrected chi connectivity index (χ2v) is 5.35. The molecule has 0 spiro atoms. The lowest BCUT2D eigenvalue weighted by molar-refractivity contribution is 0.227. The molecule has 1 aromatic carbocycles.